The highest BCUT2D eigenvalue weighted by Crippen LogP contribution is 1.98. The third-order valence-corrected chi connectivity index (χ3v) is 2.92. The molecule has 1 rings (SSSR count). The molecule has 0 atom stereocenters. The molecule has 1 aromatic rings. The highest BCUT2D eigenvalue weighted by Gasteiger charge is 1.98. The van der Waals surface area contributed by atoms with Crippen LogP contribution in [0.15, 0.2) is 18.3 Å². The molecular formula is C11H19N3O2S. The molecule has 0 aliphatic rings. The second-order valence-electron chi connectivity index (χ2n) is 4.00. The minimum atomic E-state index is -3.06. The largest absolute Gasteiger partial charge is 0.313 e. The van der Waals surface area contributed by atoms with E-state index in [2.05, 4.69) is 15.0 Å². The molecule has 0 aromatic carbocycles. The minimum absolute atomic E-state index is 0.470. The summed E-state index contributed by atoms with van der Waals surface area (Å²) < 4.78 is 24.0. The highest BCUT2D eigenvalue weighted by molar-refractivity contribution is 7.88. The van der Waals surface area contributed by atoms with Crippen LogP contribution in [0.5, 0.6) is 0 Å². The van der Waals surface area contributed by atoms with Crippen LogP contribution in [-0.4, -0.2) is 32.7 Å². The number of rotatable bonds is 7. The first-order chi connectivity index (χ1) is 7.97. The van der Waals surface area contributed by atoms with Crippen molar-refractivity contribution in [1.29, 1.82) is 0 Å². The Morgan fingerprint density at radius 1 is 1.29 bits per heavy atom. The number of nitrogens with one attached hydrogen (secondary N) is 2. The van der Waals surface area contributed by atoms with Crippen molar-refractivity contribution in [3.8, 4) is 0 Å². The maximum absolute atomic E-state index is 10.8. The van der Waals surface area contributed by atoms with E-state index in [0.29, 0.717) is 6.54 Å². The van der Waals surface area contributed by atoms with E-state index < -0.39 is 10.0 Å². The minimum Gasteiger partial charge on any atom is -0.313 e. The summed E-state index contributed by atoms with van der Waals surface area (Å²) >= 11 is 0. The molecule has 6 heteroatoms. The average Bonchev–Trinajstić information content (AvgIpc) is 2.24. The van der Waals surface area contributed by atoms with Crippen LogP contribution in [0, 0.1) is 6.92 Å². The standard InChI is InChI=1S/C11H19N3O2S/c1-10-4-5-11(9-13-10)8-12-6-3-7-14-17(2,15)16/h4-5,9,12,14H,3,6-8H2,1-2H3. The van der Waals surface area contributed by atoms with E-state index in [9.17, 15) is 8.42 Å². The second kappa shape index (κ2) is 6.68. The lowest BCUT2D eigenvalue weighted by molar-refractivity contribution is 0.579. The van der Waals surface area contributed by atoms with Crippen molar-refractivity contribution >= 4 is 10.0 Å². The Hall–Kier alpha value is -0.980. The molecule has 0 aliphatic heterocycles. The molecular weight excluding hydrogens is 238 g/mol. The summed E-state index contributed by atoms with van der Waals surface area (Å²) in [5.41, 5.74) is 2.14. The zero-order chi connectivity index (χ0) is 12.7. The summed E-state index contributed by atoms with van der Waals surface area (Å²) in [5.74, 6) is 0. The number of sulfonamides is 1. The van der Waals surface area contributed by atoms with Crippen LogP contribution < -0.4 is 10.0 Å². The van der Waals surface area contributed by atoms with Gasteiger partial charge in [-0.3, -0.25) is 4.98 Å². The fraction of sp³-hybridized carbons (Fsp3) is 0.545. The predicted molar refractivity (Wildman–Crippen MR) is 68.1 cm³/mol. The van der Waals surface area contributed by atoms with Crippen molar-refractivity contribution in [1.82, 2.24) is 15.0 Å². The fourth-order valence-electron chi connectivity index (χ4n) is 1.31. The van der Waals surface area contributed by atoms with Gasteiger partial charge in [-0.2, -0.15) is 0 Å². The first-order valence-corrected chi connectivity index (χ1v) is 7.43. The highest BCUT2D eigenvalue weighted by atomic mass is 32.2. The van der Waals surface area contributed by atoms with Gasteiger partial charge in [0.25, 0.3) is 0 Å². The van der Waals surface area contributed by atoms with Gasteiger partial charge in [-0.25, -0.2) is 13.1 Å². The van der Waals surface area contributed by atoms with Gasteiger partial charge in [-0.1, -0.05) is 6.07 Å². The van der Waals surface area contributed by atoms with Gasteiger partial charge in [0.15, 0.2) is 0 Å². The van der Waals surface area contributed by atoms with Crippen LogP contribution in [0.3, 0.4) is 0 Å². The summed E-state index contributed by atoms with van der Waals surface area (Å²) in [6.45, 7) is 3.95. The molecule has 0 saturated carbocycles. The number of aromatic nitrogens is 1. The Kier molecular flexibility index (Phi) is 5.54. The molecule has 0 amide bonds. The zero-order valence-corrected chi connectivity index (χ0v) is 11.0. The molecule has 1 aromatic heterocycles. The van der Waals surface area contributed by atoms with E-state index >= 15 is 0 Å². The van der Waals surface area contributed by atoms with Crippen LogP contribution in [0.2, 0.25) is 0 Å². The molecule has 1 heterocycles. The Balaban J connectivity index is 2.10. The van der Waals surface area contributed by atoms with Gasteiger partial charge < -0.3 is 5.32 Å². The molecule has 96 valence electrons. The Labute approximate surface area is 103 Å². The summed E-state index contributed by atoms with van der Waals surface area (Å²) in [7, 11) is -3.06. The Morgan fingerprint density at radius 3 is 2.65 bits per heavy atom. The van der Waals surface area contributed by atoms with Gasteiger partial charge in [0, 0.05) is 25.0 Å². The van der Waals surface area contributed by atoms with Gasteiger partial charge in [0.05, 0.1) is 6.26 Å². The van der Waals surface area contributed by atoms with E-state index in [0.717, 1.165) is 30.8 Å². The van der Waals surface area contributed by atoms with Crippen molar-refractivity contribution < 1.29 is 8.42 Å². The first kappa shape index (κ1) is 14.1. The number of nitrogens with zero attached hydrogens (tertiary/aromatic N) is 1. The molecule has 0 unspecified atom stereocenters. The van der Waals surface area contributed by atoms with Crippen LogP contribution in [-0.2, 0) is 16.6 Å². The van der Waals surface area contributed by atoms with Crippen LogP contribution in [0.25, 0.3) is 0 Å². The second-order valence-corrected chi connectivity index (χ2v) is 5.84. The SMILES string of the molecule is Cc1ccc(CNCCCNS(C)(=O)=O)cn1. The smallest absolute Gasteiger partial charge is 0.208 e. The Morgan fingerprint density at radius 2 is 2.06 bits per heavy atom. The lowest BCUT2D eigenvalue weighted by Crippen LogP contribution is -2.26. The number of aryl methyl sites for hydroxylation is 1. The van der Waals surface area contributed by atoms with Crippen molar-refractivity contribution in [2.24, 2.45) is 0 Å². The van der Waals surface area contributed by atoms with Crippen molar-refractivity contribution in [2.45, 2.75) is 19.9 Å². The monoisotopic (exact) mass is 257 g/mol. The molecule has 17 heavy (non-hydrogen) atoms. The predicted octanol–water partition coefficient (Wildman–Crippen LogP) is 0.419. The maximum Gasteiger partial charge on any atom is 0.208 e. The van der Waals surface area contributed by atoms with Crippen LogP contribution >= 0.6 is 0 Å². The number of hydrogen-bond acceptors (Lipinski definition) is 4. The van der Waals surface area contributed by atoms with E-state index in [1.807, 2.05) is 25.3 Å². The third kappa shape index (κ3) is 7.04. The summed E-state index contributed by atoms with van der Waals surface area (Å²) in [4.78, 5) is 4.19. The summed E-state index contributed by atoms with van der Waals surface area (Å²) in [5, 5.41) is 3.23. The molecule has 0 fully saturated rings. The molecule has 2 N–H and O–H groups in total. The summed E-state index contributed by atoms with van der Waals surface area (Å²) in [6.07, 6.45) is 3.78. The average molecular weight is 257 g/mol. The Bertz CT molecular complexity index is 429. The number of hydrogen-bond donors (Lipinski definition) is 2. The quantitative estimate of drug-likeness (QED) is 0.694. The van der Waals surface area contributed by atoms with E-state index in [1.54, 1.807) is 0 Å². The molecule has 5 nitrogen and oxygen atoms in total. The lowest BCUT2D eigenvalue weighted by Gasteiger charge is -2.05. The first-order valence-electron chi connectivity index (χ1n) is 5.54. The third-order valence-electron chi connectivity index (χ3n) is 2.20. The van der Waals surface area contributed by atoms with E-state index in [4.69, 9.17) is 0 Å². The van der Waals surface area contributed by atoms with Crippen LogP contribution in [0.4, 0.5) is 0 Å². The van der Waals surface area contributed by atoms with E-state index in [1.165, 1.54) is 6.26 Å². The zero-order valence-electron chi connectivity index (χ0n) is 10.2. The van der Waals surface area contributed by atoms with Gasteiger partial charge in [-0.05, 0) is 31.5 Å². The molecule has 0 saturated heterocycles. The molecule has 0 radical (unpaired) electrons. The van der Waals surface area contributed by atoms with Gasteiger partial charge in [0.1, 0.15) is 0 Å². The van der Waals surface area contributed by atoms with Crippen molar-refractivity contribution in [3.63, 3.8) is 0 Å². The van der Waals surface area contributed by atoms with Gasteiger partial charge in [0.2, 0.25) is 10.0 Å². The van der Waals surface area contributed by atoms with Crippen LogP contribution in [0.1, 0.15) is 17.7 Å². The molecule has 0 aliphatic carbocycles. The lowest BCUT2D eigenvalue weighted by atomic mass is 10.2. The van der Waals surface area contributed by atoms with E-state index in [-0.39, 0.29) is 0 Å². The van der Waals surface area contributed by atoms with Crippen molar-refractivity contribution in [3.05, 3.63) is 29.6 Å². The van der Waals surface area contributed by atoms with Gasteiger partial charge in [-0.15, -0.1) is 0 Å². The topological polar surface area (TPSA) is 71.1 Å². The molecule has 0 bridgehead atoms. The number of pyridine rings is 1. The van der Waals surface area contributed by atoms with Gasteiger partial charge >= 0.3 is 0 Å². The van der Waals surface area contributed by atoms with Crippen molar-refractivity contribution in [2.75, 3.05) is 19.3 Å². The summed E-state index contributed by atoms with van der Waals surface area (Å²) in [6, 6.07) is 4.01. The fourth-order valence-corrected chi connectivity index (χ4v) is 1.82. The molecule has 0 spiro atoms. The maximum atomic E-state index is 10.8. The normalized spacial score (nSPS) is 11.6.